The fourth-order valence-electron chi connectivity index (χ4n) is 3.29. The number of benzene rings is 1. The third-order valence-corrected chi connectivity index (χ3v) is 6.63. The third kappa shape index (κ3) is 4.73. The summed E-state index contributed by atoms with van der Waals surface area (Å²) < 4.78 is 39.3. The van der Waals surface area contributed by atoms with E-state index in [2.05, 4.69) is 15.0 Å². The summed E-state index contributed by atoms with van der Waals surface area (Å²) in [6.07, 6.45) is 2.57. The van der Waals surface area contributed by atoms with Crippen LogP contribution >= 0.6 is 0 Å². The van der Waals surface area contributed by atoms with Crippen LogP contribution in [0, 0.1) is 5.82 Å². The van der Waals surface area contributed by atoms with Gasteiger partial charge in [-0.2, -0.15) is 0 Å². The molecule has 2 aromatic heterocycles. The van der Waals surface area contributed by atoms with Crippen LogP contribution in [0.1, 0.15) is 24.1 Å². The normalized spacial score (nSPS) is 16.2. The molecule has 1 fully saturated rings. The van der Waals surface area contributed by atoms with Gasteiger partial charge in [-0.25, -0.2) is 17.8 Å². The molecule has 0 amide bonds. The number of fused-ring (bicyclic) bond motifs is 1. The Balaban J connectivity index is 0.00000272. The molecule has 0 spiro atoms. The molecule has 4 rings (SSSR count). The molecule has 0 radical (unpaired) electrons. The molecule has 11 heteroatoms. The van der Waals surface area contributed by atoms with Crippen molar-refractivity contribution in [1.29, 1.82) is 0 Å². The van der Waals surface area contributed by atoms with Crippen molar-refractivity contribution in [2.24, 2.45) is 4.99 Å². The van der Waals surface area contributed by atoms with Crippen LogP contribution in [0.25, 0.3) is 10.9 Å². The summed E-state index contributed by atoms with van der Waals surface area (Å²) in [7, 11) is -3.62. The van der Waals surface area contributed by atoms with E-state index >= 15 is 0 Å². The van der Waals surface area contributed by atoms with Crippen molar-refractivity contribution in [1.82, 2.24) is 9.97 Å². The Morgan fingerprint density at radius 2 is 1.94 bits per heavy atom. The molecule has 3 heterocycles. The smallest absolute Gasteiger partial charge is 0.870 e. The Hall–Kier alpha value is -2.50. The van der Waals surface area contributed by atoms with Crippen LogP contribution in [0.2, 0.25) is 0 Å². The van der Waals surface area contributed by atoms with Gasteiger partial charge in [-0.3, -0.25) is 14.3 Å². The topological polar surface area (TPSA) is 122 Å². The first-order valence-corrected chi connectivity index (χ1v) is 10.9. The Kier molecular flexibility index (Phi) is 6.97. The van der Waals surface area contributed by atoms with Crippen molar-refractivity contribution in [3.8, 4) is 5.75 Å². The number of aliphatic imine (C=N–C) groups is 1. The van der Waals surface area contributed by atoms with E-state index in [0.29, 0.717) is 18.4 Å². The van der Waals surface area contributed by atoms with Crippen LogP contribution in [0.3, 0.4) is 0 Å². The van der Waals surface area contributed by atoms with Crippen LogP contribution in [-0.4, -0.2) is 59.6 Å². The van der Waals surface area contributed by atoms with Crippen molar-refractivity contribution in [3.63, 3.8) is 0 Å². The van der Waals surface area contributed by atoms with Crippen LogP contribution in [0.15, 0.2) is 47.6 Å². The third-order valence-electron chi connectivity index (χ3n) is 4.80. The van der Waals surface area contributed by atoms with Gasteiger partial charge in [0, 0.05) is 24.0 Å². The van der Waals surface area contributed by atoms with Gasteiger partial charge in [-0.1, -0.05) is 17.9 Å². The second-order valence-corrected chi connectivity index (χ2v) is 8.87. The molecule has 31 heavy (non-hydrogen) atoms. The standard InChI is InChI=1S/C20H19FN4O4S.Mg/c21-14-7-5-13(6-8-14)12-23-20(27)17-18(26)16-15(4-3-9-22-16)19(24-17)25-10-1-2-11-30(25,28)29;/h3-9,26H,1-2,10-12H2,(H,23,27);/q;+2/p-2. The number of sulfonamides is 1. The summed E-state index contributed by atoms with van der Waals surface area (Å²) in [5.74, 6) is -2.03. The van der Waals surface area contributed by atoms with Gasteiger partial charge in [-0.15, -0.1) is 0 Å². The molecule has 0 saturated carbocycles. The fourth-order valence-corrected chi connectivity index (χ4v) is 4.88. The minimum Gasteiger partial charge on any atom is -0.870 e. The number of hydrogen-bond donors (Lipinski definition) is 0. The summed E-state index contributed by atoms with van der Waals surface area (Å²) in [5.41, 5.74) is 0.0534. The number of hydrogen-bond acceptors (Lipinski definition) is 7. The van der Waals surface area contributed by atoms with E-state index < -0.39 is 33.2 Å². The van der Waals surface area contributed by atoms with Crippen molar-refractivity contribution >= 4 is 55.7 Å². The van der Waals surface area contributed by atoms with Crippen molar-refractivity contribution in [2.45, 2.75) is 19.4 Å². The Labute approximate surface area is 194 Å². The van der Waals surface area contributed by atoms with E-state index in [0.717, 1.165) is 4.31 Å². The second-order valence-electron chi connectivity index (χ2n) is 6.86. The van der Waals surface area contributed by atoms with Crippen molar-refractivity contribution < 1.29 is 23.0 Å². The first-order valence-electron chi connectivity index (χ1n) is 9.29. The summed E-state index contributed by atoms with van der Waals surface area (Å²) in [5, 5.41) is 25.7. The second kappa shape index (κ2) is 9.33. The quantitative estimate of drug-likeness (QED) is 0.326. The molecule has 0 bridgehead atoms. The molecule has 3 aromatic rings. The summed E-state index contributed by atoms with van der Waals surface area (Å²) >= 11 is 0. The predicted molar refractivity (Wildman–Crippen MR) is 112 cm³/mol. The van der Waals surface area contributed by atoms with Gasteiger partial charge in [-0.05, 0) is 42.7 Å². The molecule has 0 N–H and O–H groups in total. The molecule has 0 unspecified atom stereocenters. The number of pyridine rings is 2. The molecule has 8 nitrogen and oxygen atoms in total. The molecular weight excluding hydrogens is 436 g/mol. The Bertz CT molecular complexity index is 1240. The molecule has 1 aliphatic heterocycles. The largest absolute Gasteiger partial charge is 2.00 e. The van der Waals surface area contributed by atoms with Crippen LogP contribution < -0.4 is 14.5 Å². The first kappa shape index (κ1) is 23.2. The monoisotopic (exact) mass is 452 g/mol. The minimum absolute atomic E-state index is 0. The maximum Gasteiger partial charge on any atom is 2.00 e. The predicted octanol–water partition coefficient (Wildman–Crippen LogP) is 0.699. The number of rotatable bonds is 4. The first-order chi connectivity index (χ1) is 14.4. The average Bonchev–Trinajstić information content (AvgIpc) is 2.74. The number of nitrogens with zero attached hydrogens (tertiary/aromatic N) is 4. The number of halogens is 1. The maximum atomic E-state index is 13.0. The van der Waals surface area contributed by atoms with E-state index in [1.54, 1.807) is 12.1 Å². The van der Waals surface area contributed by atoms with Crippen molar-refractivity contribution in [2.75, 3.05) is 16.6 Å². The van der Waals surface area contributed by atoms with E-state index in [4.69, 9.17) is 0 Å². The summed E-state index contributed by atoms with van der Waals surface area (Å²) in [6, 6.07) is 8.57. The molecule has 1 saturated heterocycles. The molecular formula is C20H17FMgN4O4S. The van der Waals surface area contributed by atoms with Gasteiger partial charge in [0.2, 0.25) is 10.0 Å². The van der Waals surface area contributed by atoms with Crippen LogP contribution in [0.4, 0.5) is 10.2 Å². The number of anilines is 1. The maximum absolute atomic E-state index is 13.0. The van der Waals surface area contributed by atoms with Gasteiger partial charge >= 0.3 is 23.1 Å². The Morgan fingerprint density at radius 1 is 1.19 bits per heavy atom. The average molecular weight is 453 g/mol. The fraction of sp³-hybridized carbons (Fsp3) is 0.250. The molecule has 0 aliphatic carbocycles. The molecule has 156 valence electrons. The van der Waals surface area contributed by atoms with E-state index in [1.165, 1.54) is 30.5 Å². The van der Waals surface area contributed by atoms with Gasteiger partial charge < -0.3 is 10.2 Å². The van der Waals surface area contributed by atoms with Crippen molar-refractivity contribution in [3.05, 3.63) is 59.7 Å². The SMILES string of the molecule is O=S1(=O)CCCCN1c1nc(C([O-])=NCc2ccc(F)cc2)c([O-])c2ncccc12.[Mg+2]. The van der Waals surface area contributed by atoms with Crippen LogP contribution in [-0.2, 0) is 16.6 Å². The minimum atomic E-state index is -3.62. The van der Waals surface area contributed by atoms with Crippen LogP contribution in [0.5, 0.6) is 5.75 Å². The van der Waals surface area contributed by atoms with Gasteiger partial charge in [0.25, 0.3) is 0 Å². The molecule has 0 atom stereocenters. The summed E-state index contributed by atoms with van der Waals surface area (Å²) in [4.78, 5) is 12.0. The van der Waals surface area contributed by atoms with E-state index in [-0.39, 0.29) is 58.6 Å². The van der Waals surface area contributed by atoms with Gasteiger partial charge in [0.1, 0.15) is 5.82 Å². The zero-order valence-electron chi connectivity index (χ0n) is 16.5. The van der Waals surface area contributed by atoms with E-state index in [1.807, 2.05) is 0 Å². The van der Waals surface area contributed by atoms with E-state index in [9.17, 15) is 23.0 Å². The Morgan fingerprint density at radius 3 is 2.65 bits per heavy atom. The molecule has 1 aliphatic rings. The zero-order valence-corrected chi connectivity index (χ0v) is 18.7. The summed E-state index contributed by atoms with van der Waals surface area (Å²) in [6.45, 7) is 0.135. The van der Waals surface area contributed by atoms with Gasteiger partial charge in [0.05, 0.1) is 23.5 Å². The molecule has 1 aromatic carbocycles. The van der Waals surface area contributed by atoms with Gasteiger partial charge in [0.15, 0.2) is 5.82 Å². The zero-order chi connectivity index (χ0) is 21.3. The number of aromatic nitrogens is 2.